The molecule has 0 saturated carbocycles. The molecule has 0 fully saturated rings. The third kappa shape index (κ3) is 9.17. The molecule has 1 atom stereocenters. The van der Waals surface area contributed by atoms with Gasteiger partial charge in [-0.2, -0.15) is 0 Å². The van der Waals surface area contributed by atoms with E-state index >= 15 is 0 Å². The smallest absolute Gasteiger partial charge is 0.417 e. The number of amides is 4. The van der Waals surface area contributed by atoms with Crippen molar-refractivity contribution in [1.82, 2.24) is 20.9 Å². The van der Waals surface area contributed by atoms with Crippen LogP contribution in [0.2, 0.25) is 0 Å². The van der Waals surface area contributed by atoms with Crippen LogP contribution in [-0.4, -0.2) is 102 Å². The molecule has 2 bridgehead atoms. The summed E-state index contributed by atoms with van der Waals surface area (Å²) in [4.78, 5) is 94.2. The highest BCUT2D eigenvalue weighted by molar-refractivity contribution is 6.33. The number of carbonyl (C=O) groups excluding carboxylic acids is 7. The first kappa shape index (κ1) is 39.4. The molecule has 4 amide bonds. The maximum atomic E-state index is 13.8. The Hall–Kier alpha value is -7.27. The van der Waals surface area contributed by atoms with E-state index in [0.29, 0.717) is 16.0 Å². The summed E-state index contributed by atoms with van der Waals surface area (Å²) in [5.74, 6) is -5.05. The van der Waals surface area contributed by atoms with Gasteiger partial charge < -0.3 is 41.0 Å². The molecule has 2 aliphatic heterocycles. The predicted molar refractivity (Wildman–Crippen MR) is 203 cm³/mol. The van der Waals surface area contributed by atoms with E-state index in [1.54, 1.807) is 72.8 Å². The minimum Gasteiger partial charge on any atom is -0.507 e. The van der Waals surface area contributed by atoms with Gasteiger partial charge in [0, 0.05) is 37.6 Å². The number of imide groups is 1. The summed E-state index contributed by atoms with van der Waals surface area (Å²) >= 11 is 0. The molecule has 0 saturated heterocycles. The summed E-state index contributed by atoms with van der Waals surface area (Å²) in [5, 5.41) is 34.7. The monoisotopic (exact) mass is 778 g/mol. The number of phenolic OH excluding ortho intramolecular Hbond substituents is 2. The number of nitrogens with zero attached hydrogens (tertiary/aromatic N) is 1. The number of Topliss-reactive ketones (excluding diaryl/α,β-unsaturated/α-hetero) is 1. The fraction of sp³-hybridized carbons (Fsp3) is 0.225. The first-order chi connectivity index (χ1) is 27.5. The van der Waals surface area contributed by atoms with Gasteiger partial charge in [-0.1, -0.05) is 60.7 Å². The Morgan fingerprint density at radius 3 is 1.72 bits per heavy atom. The number of hydrogen-bond acceptors (Lipinski definition) is 14. The Morgan fingerprint density at radius 2 is 1.16 bits per heavy atom. The molecule has 7 rings (SSSR count). The van der Waals surface area contributed by atoms with Crippen LogP contribution >= 0.6 is 0 Å². The Labute approximate surface area is 325 Å². The summed E-state index contributed by atoms with van der Waals surface area (Å²) in [6.45, 7) is -2.14. The number of anilines is 2. The van der Waals surface area contributed by atoms with Crippen LogP contribution in [0.5, 0.6) is 11.5 Å². The van der Waals surface area contributed by atoms with Crippen molar-refractivity contribution >= 4 is 52.7 Å². The molecule has 0 spiro atoms. The van der Waals surface area contributed by atoms with Gasteiger partial charge in [0.15, 0.2) is 5.78 Å². The van der Waals surface area contributed by atoms with Gasteiger partial charge in [-0.15, -0.1) is 0 Å². The quantitative estimate of drug-likeness (QED) is 0.0646. The Bertz CT molecular complexity index is 2210. The van der Waals surface area contributed by atoms with Crippen LogP contribution in [0.4, 0.5) is 21.0 Å². The second kappa shape index (κ2) is 17.9. The minimum absolute atomic E-state index is 0.00655. The van der Waals surface area contributed by atoms with Crippen LogP contribution < -0.4 is 26.6 Å². The Balaban J connectivity index is 1.16. The molecular formula is C40H38N6O11. The van der Waals surface area contributed by atoms with E-state index in [9.17, 15) is 43.8 Å². The van der Waals surface area contributed by atoms with Crippen molar-refractivity contribution in [2.24, 2.45) is 0 Å². The molecule has 3 aliphatic rings. The molecule has 7 N–H and O–H groups in total. The van der Waals surface area contributed by atoms with Crippen molar-refractivity contribution in [2.45, 2.75) is 19.3 Å². The number of ketones is 3. The average molecular weight is 779 g/mol. The summed E-state index contributed by atoms with van der Waals surface area (Å²) in [5.41, 5.74) is 0.968. The standard InChI is InChI=1S/C40H38N6O11/c47-27-13-14-28(48)34-33(27)36(51)31-25-11-12-26(32(31)37(34)52)42-16-18-44-38(53)35(43-17-15-41-25)29(49)20-46(40(55)57-22-24-9-5-2-6-10-24)30(50)19-45-39(54)56-21-23-7-3-1-4-8-23/h1-14,35,41-43,47-48H,15-22H2,(H,44,53)(H,45,54). The molecule has 17 heteroatoms. The number of hydrogen-bond donors (Lipinski definition) is 7. The number of alkyl carbamates (subject to hydrolysis) is 1. The maximum Gasteiger partial charge on any atom is 0.417 e. The summed E-state index contributed by atoms with van der Waals surface area (Å²) in [6, 6.07) is 21.1. The maximum absolute atomic E-state index is 13.8. The number of benzene rings is 4. The van der Waals surface area contributed by atoms with Crippen molar-refractivity contribution in [3.63, 3.8) is 0 Å². The molecule has 4 aromatic carbocycles. The van der Waals surface area contributed by atoms with Crippen LogP contribution in [-0.2, 0) is 37.1 Å². The first-order valence-electron chi connectivity index (χ1n) is 17.8. The highest BCUT2D eigenvalue weighted by atomic mass is 16.6. The number of rotatable bonds is 9. The molecule has 2 heterocycles. The molecule has 1 unspecified atom stereocenters. The summed E-state index contributed by atoms with van der Waals surface area (Å²) in [6.07, 6.45) is -2.15. The number of ether oxygens (including phenoxy) is 2. The normalized spacial score (nSPS) is 15.0. The topological polar surface area (TPSA) is 242 Å². The fourth-order valence-corrected chi connectivity index (χ4v) is 6.23. The lowest BCUT2D eigenvalue weighted by Gasteiger charge is -2.26. The van der Waals surface area contributed by atoms with Crippen LogP contribution in [0.15, 0.2) is 84.9 Å². The number of phenols is 2. The van der Waals surface area contributed by atoms with Crippen LogP contribution in [0, 0.1) is 0 Å². The van der Waals surface area contributed by atoms with E-state index in [2.05, 4.69) is 26.6 Å². The molecule has 294 valence electrons. The molecule has 1 aliphatic carbocycles. The largest absolute Gasteiger partial charge is 0.507 e. The van der Waals surface area contributed by atoms with Crippen molar-refractivity contribution in [3.05, 3.63) is 118 Å². The van der Waals surface area contributed by atoms with Gasteiger partial charge in [-0.05, 0) is 35.4 Å². The van der Waals surface area contributed by atoms with Gasteiger partial charge in [0.1, 0.15) is 37.3 Å². The highest BCUT2D eigenvalue weighted by Crippen LogP contribution is 2.42. The highest BCUT2D eigenvalue weighted by Gasteiger charge is 2.38. The van der Waals surface area contributed by atoms with Crippen molar-refractivity contribution in [3.8, 4) is 11.5 Å². The van der Waals surface area contributed by atoms with Crippen molar-refractivity contribution in [1.29, 1.82) is 0 Å². The molecule has 0 aromatic heterocycles. The van der Waals surface area contributed by atoms with E-state index in [1.165, 1.54) is 0 Å². The van der Waals surface area contributed by atoms with E-state index in [4.69, 9.17) is 9.47 Å². The van der Waals surface area contributed by atoms with Crippen LogP contribution in [0.1, 0.15) is 43.0 Å². The SMILES string of the molecule is O=C(NCC(=O)N(CC(=O)C1NCCNc2ccc(c3c2C(=O)c2c(O)ccc(O)c2C3=O)NCCNC1=O)C(=O)OCc1ccccc1)OCc1ccccc1. The van der Waals surface area contributed by atoms with E-state index in [1.807, 2.05) is 0 Å². The van der Waals surface area contributed by atoms with Gasteiger partial charge >= 0.3 is 12.2 Å². The first-order valence-corrected chi connectivity index (χ1v) is 17.8. The van der Waals surface area contributed by atoms with Gasteiger partial charge in [0.25, 0.3) is 5.91 Å². The zero-order valence-electron chi connectivity index (χ0n) is 30.3. The number of carbonyl (C=O) groups is 7. The lowest BCUT2D eigenvalue weighted by molar-refractivity contribution is -0.137. The van der Waals surface area contributed by atoms with Crippen LogP contribution in [0.25, 0.3) is 0 Å². The molecule has 0 radical (unpaired) electrons. The van der Waals surface area contributed by atoms with Gasteiger partial charge in [-0.25, -0.2) is 14.5 Å². The van der Waals surface area contributed by atoms with E-state index in [0.717, 1.165) is 12.1 Å². The molecular weight excluding hydrogens is 740 g/mol. The number of fused-ring (bicyclic) bond motifs is 11. The minimum atomic E-state index is -1.58. The second-order valence-electron chi connectivity index (χ2n) is 12.9. The number of nitrogens with one attached hydrogen (secondary N) is 5. The molecule has 57 heavy (non-hydrogen) atoms. The average Bonchev–Trinajstić information content (AvgIpc) is 3.22. The van der Waals surface area contributed by atoms with E-state index in [-0.39, 0.29) is 73.0 Å². The predicted octanol–water partition coefficient (Wildman–Crippen LogP) is 2.45. The third-order valence-corrected chi connectivity index (χ3v) is 9.02. The fourth-order valence-electron chi connectivity index (χ4n) is 6.23. The van der Waals surface area contributed by atoms with Gasteiger partial charge in [0.2, 0.25) is 17.5 Å². The lowest BCUT2D eigenvalue weighted by atomic mass is 9.81. The molecule has 17 nitrogen and oxygen atoms in total. The molecule has 4 aromatic rings. The van der Waals surface area contributed by atoms with Gasteiger partial charge in [0.05, 0.1) is 28.8 Å². The van der Waals surface area contributed by atoms with E-state index < -0.39 is 72.0 Å². The second-order valence-corrected chi connectivity index (χ2v) is 12.9. The third-order valence-electron chi connectivity index (χ3n) is 9.02. The summed E-state index contributed by atoms with van der Waals surface area (Å²) in [7, 11) is 0. The van der Waals surface area contributed by atoms with Crippen molar-refractivity contribution in [2.75, 3.05) is 49.9 Å². The Morgan fingerprint density at radius 1 is 0.649 bits per heavy atom. The lowest BCUT2D eigenvalue weighted by Crippen LogP contribution is -2.55. The van der Waals surface area contributed by atoms with Gasteiger partial charge in [-0.3, -0.25) is 29.3 Å². The Kier molecular flexibility index (Phi) is 12.4. The van der Waals surface area contributed by atoms with Crippen LogP contribution in [0.3, 0.4) is 0 Å². The van der Waals surface area contributed by atoms with Crippen molar-refractivity contribution < 1.29 is 53.2 Å². The zero-order valence-corrected chi connectivity index (χ0v) is 30.3. The summed E-state index contributed by atoms with van der Waals surface area (Å²) < 4.78 is 10.5. The number of aromatic hydroxyl groups is 2. The zero-order chi connectivity index (χ0) is 40.5.